The Balaban J connectivity index is 1.90. The van der Waals surface area contributed by atoms with Gasteiger partial charge in [0.2, 0.25) is 0 Å². The van der Waals surface area contributed by atoms with Gasteiger partial charge in [0.1, 0.15) is 0 Å². The first-order chi connectivity index (χ1) is 10.3. The van der Waals surface area contributed by atoms with E-state index in [1.54, 1.807) is 18.2 Å². The van der Waals surface area contributed by atoms with Gasteiger partial charge < -0.3 is 4.74 Å². The first-order valence-electron chi connectivity index (χ1n) is 6.96. The lowest BCUT2D eigenvalue weighted by Crippen LogP contribution is -2.09. The van der Waals surface area contributed by atoms with E-state index in [0.29, 0.717) is 0 Å². The van der Waals surface area contributed by atoms with E-state index in [4.69, 9.17) is 4.74 Å². The Morgan fingerprint density at radius 2 is 1.62 bits per heavy atom. The van der Waals surface area contributed by atoms with Crippen molar-refractivity contribution in [1.82, 2.24) is 0 Å². The van der Waals surface area contributed by atoms with Crippen molar-refractivity contribution >= 4 is 5.97 Å². The standard InChI is InChI=1S/C19H16O2/c1-2-3-4-13-18(20)21-19-16-11-7-5-9-14(16)15-10-6-8-12-17(15)19/h2-12,19H,1,13H2/b4-3+. The lowest BCUT2D eigenvalue weighted by molar-refractivity contribution is -0.146. The van der Waals surface area contributed by atoms with E-state index in [0.717, 1.165) is 22.3 Å². The van der Waals surface area contributed by atoms with Gasteiger partial charge in [0, 0.05) is 11.1 Å². The smallest absolute Gasteiger partial charge is 0.310 e. The summed E-state index contributed by atoms with van der Waals surface area (Å²) in [4.78, 5) is 12.0. The summed E-state index contributed by atoms with van der Waals surface area (Å²) in [5.41, 5.74) is 4.40. The first kappa shape index (κ1) is 13.4. The molecule has 0 fully saturated rings. The van der Waals surface area contributed by atoms with Crippen LogP contribution in [-0.2, 0) is 9.53 Å². The largest absolute Gasteiger partial charge is 0.452 e. The zero-order valence-corrected chi connectivity index (χ0v) is 11.7. The number of carbonyl (C=O) groups is 1. The van der Waals surface area contributed by atoms with E-state index in [9.17, 15) is 4.79 Å². The molecule has 0 saturated carbocycles. The Hall–Kier alpha value is -2.61. The molecule has 0 aromatic heterocycles. The third-order valence-corrected chi connectivity index (χ3v) is 3.58. The molecule has 3 rings (SSSR count). The summed E-state index contributed by atoms with van der Waals surface area (Å²) in [7, 11) is 0. The number of carbonyl (C=O) groups excluding carboxylic acids is 1. The van der Waals surface area contributed by atoms with Crippen LogP contribution in [0.3, 0.4) is 0 Å². The molecule has 0 heterocycles. The highest BCUT2D eigenvalue weighted by molar-refractivity contribution is 5.80. The predicted molar refractivity (Wildman–Crippen MR) is 83.8 cm³/mol. The highest BCUT2D eigenvalue weighted by Gasteiger charge is 2.30. The number of rotatable bonds is 4. The molecule has 2 nitrogen and oxygen atoms in total. The molecular weight excluding hydrogens is 260 g/mol. The maximum absolute atomic E-state index is 12.0. The van der Waals surface area contributed by atoms with Crippen LogP contribution in [0.4, 0.5) is 0 Å². The van der Waals surface area contributed by atoms with Gasteiger partial charge in [-0.05, 0) is 11.1 Å². The number of allylic oxidation sites excluding steroid dienone is 2. The van der Waals surface area contributed by atoms with Crippen LogP contribution in [0.15, 0.2) is 73.3 Å². The fraction of sp³-hybridized carbons (Fsp3) is 0.105. The summed E-state index contributed by atoms with van der Waals surface area (Å²) < 4.78 is 5.69. The highest BCUT2D eigenvalue weighted by atomic mass is 16.5. The second kappa shape index (κ2) is 5.80. The fourth-order valence-corrected chi connectivity index (χ4v) is 2.68. The van der Waals surface area contributed by atoms with Gasteiger partial charge in [-0.15, -0.1) is 0 Å². The zero-order chi connectivity index (χ0) is 14.7. The van der Waals surface area contributed by atoms with Crippen molar-refractivity contribution in [3.05, 3.63) is 84.5 Å². The van der Waals surface area contributed by atoms with E-state index >= 15 is 0 Å². The molecule has 21 heavy (non-hydrogen) atoms. The summed E-state index contributed by atoms with van der Waals surface area (Å²) >= 11 is 0. The van der Waals surface area contributed by atoms with Gasteiger partial charge in [0.15, 0.2) is 6.10 Å². The Bertz CT molecular complexity index is 668. The van der Waals surface area contributed by atoms with Gasteiger partial charge in [-0.2, -0.15) is 0 Å². The van der Waals surface area contributed by atoms with Gasteiger partial charge in [0.05, 0.1) is 6.42 Å². The van der Waals surface area contributed by atoms with Crippen LogP contribution in [0.5, 0.6) is 0 Å². The van der Waals surface area contributed by atoms with Crippen molar-refractivity contribution in [2.45, 2.75) is 12.5 Å². The number of benzene rings is 2. The second-order valence-corrected chi connectivity index (χ2v) is 4.91. The molecule has 1 aliphatic rings. The normalized spacial score (nSPS) is 13.0. The number of fused-ring (bicyclic) bond motifs is 3. The van der Waals surface area contributed by atoms with Crippen molar-refractivity contribution in [3.63, 3.8) is 0 Å². The monoisotopic (exact) mass is 276 g/mol. The lowest BCUT2D eigenvalue weighted by Gasteiger charge is -2.14. The maximum Gasteiger partial charge on any atom is 0.310 e. The molecule has 0 aliphatic heterocycles. The van der Waals surface area contributed by atoms with Crippen LogP contribution in [0.25, 0.3) is 11.1 Å². The van der Waals surface area contributed by atoms with Crippen LogP contribution >= 0.6 is 0 Å². The van der Waals surface area contributed by atoms with Crippen LogP contribution in [0.2, 0.25) is 0 Å². The molecule has 0 spiro atoms. The predicted octanol–water partition coefficient (Wildman–Crippen LogP) is 4.43. The van der Waals surface area contributed by atoms with Crippen molar-refractivity contribution < 1.29 is 9.53 Å². The van der Waals surface area contributed by atoms with Crippen molar-refractivity contribution in [1.29, 1.82) is 0 Å². The van der Waals surface area contributed by atoms with E-state index < -0.39 is 0 Å². The van der Waals surface area contributed by atoms with Gasteiger partial charge in [-0.1, -0.05) is 73.3 Å². The molecule has 2 aromatic carbocycles. The number of esters is 1. The average Bonchev–Trinajstić information content (AvgIpc) is 2.83. The summed E-state index contributed by atoms with van der Waals surface area (Å²) in [5.74, 6) is -0.232. The van der Waals surface area contributed by atoms with Crippen molar-refractivity contribution in [2.24, 2.45) is 0 Å². The number of hydrogen-bond donors (Lipinski definition) is 0. The number of ether oxygens (including phenoxy) is 1. The Labute approximate surface area is 124 Å². The van der Waals surface area contributed by atoms with Crippen LogP contribution < -0.4 is 0 Å². The molecule has 0 saturated heterocycles. The van der Waals surface area contributed by atoms with Gasteiger partial charge >= 0.3 is 5.97 Å². The maximum atomic E-state index is 12.0. The molecule has 0 amide bonds. The minimum atomic E-state index is -0.304. The Morgan fingerprint density at radius 3 is 2.19 bits per heavy atom. The quantitative estimate of drug-likeness (QED) is 0.610. The molecule has 2 aromatic rings. The van der Waals surface area contributed by atoms with Crippen LogP contribution in [0, 0.1) is 0 Å². The third-order valence-electron chi connectivity index (χ3n) is 3.58. The van der Waals surface area contributed by atoms with Crippen molar-refractivity contribution in [3.8, 4) is 11.1 Å². The third kappa shape index (κ3) is 2.52. The Kier molecular flexibility index (Phi) is 3.69. The molecule has 1 aliphatic carbocycles. The summed E-state index contributed by atoms with van der Waals surface area (Å²) in [6.07, 6.45) is 5.10. The van der Waals surface area contributed by atoms with Gasteiger partial charge in [0.25, 0.3) is 0 Å². The fourth-order valence-electron chi connectivity index (χ4n) is 2.68. The van der Waals surface area contributed by atoms with E-state index in [1.165, 1.54) is 0 Å². The number of hydrogen-bond acceptors (Lipinski definition) is 2. The van der Waals surface area contributed by atoms with E-state index in [2.05, 4.69) is 18.7 Å². The minimum absolute atomic E-state index is 0.232. The molecule has 104 valence electrons. The first-order valence-corrected chi connectivity index (χ1v) is 6.96. The Morgan fingerprint density at radius 1 is 1.05 bits per heavy atom. The lowest BCUT2D eigenvalue weighted by atomic mass is 10.1. The summed E-state index contributed by atoms with van der Waals surface area (Å²) in [6.45, 7) is 3.58. The van der Waals surface area contributed by atoms with Crippen LogP contribution in [-0.4, -0.2) is 5.97 Å². The molecule has 2 heteroatoms. The van der Waals surface area contributed by atoms with Crippen LogP contribution in [0.1, 0.15) is 23.7 Å². The minimum Gasteiger partial charge on any atom is -0.452 e. The SMILES string of the molecule is C=C/C=C/CC(=O)OC1c2ccccc2-c2ccccc21. The summed E-state index contributed by atoms with van der Waals surface area (Å²) in [6, 6.07) is 16.1. The average molecular weight is 276 g/mol. The molecule has 0 N–H and O–H groups in total. The molecule has 0 radical (unpaired) electrons. The molecule has 0 bridgehead atoms. The topological polar surface area (TPSA) is 26.3 Å². The second-order valence-electron chi connectivity index (χ2n) is 4.91. The van der Waals surface area contributed by atoms with E-state index in [-0.39, 0.29) is 18.5 Å². The molecular formula is C19H16O2. The summed E-state index contributed by atoms with van der Waals surface area (Å²) in [5, 5.41) is 0. The highest BCUT2D eigenvalue weighted by Crippen LogP contribution is 2.45. The van der Waals surface area contributed by atoms with Crippen molar-refractivity contribution in [2.75, 3.05) is 0 Å². The van der Waals surface area contributed by atoms with Gasteiger partial charge in [-0.3, -0.25) is 4.79 Å². The molecule has 0 atom stereocenters. The van der Waals surface area contributed by atoms with Gasteiger partial charge in [-0.25, -0.2) is 0 Å². The van der Waals surface area contributed by atoms with E-state index in [1.807, 2.05) is 36.4 Å². The zero-order valence-electron chi connectivity index (χ0n) is 11.7. The molecule has 0 unspecified atom stereocenters.